The van der Waals surface area contributed by atoms with Crippen LogP contribution < -0.4 is 10.6 Å². The summed E-state index contributed by atoms with van der Waals surface area (Å²) in [7, 11) is 0. The van der Waals surface area contributed by atoms with Gasteiger partial charge in [-0.3, -0.25) is 9.69 Å². The minimum absolute atomic E-state index is 0. The lowest BCUT2D eigenvalue weighted by atomic mass is 9.98. The van der Waals surface area contributed by atoms with Crippen molar-refractivity contribution in [3.8, 4) is 0 Å². The molecule has 1 aliphatic heterocycles. The average molecular weight is 372 g/mol. The standard InChI is InChI=1S/C17H22ClN3O2.ClH/c18-14-6-4-13(5-7-14)12-19-10-3-11-21-15(22)17(20-16(21)23)8-1-2-9-17;/h4-7,19H,1-3,8-12H2,(H,20,23);1H. The number of hydrogen-bond acceptors (Lipinski definition) is 3. The van der Waals surface area contributed by atoms with Crippen molar-refractivity contribution in [2.75, 3.05) is 13.1 Å². The van der Waals surface area contributed by atoms with E-state index in [9.17, 15) is 9.59 Å². The van der Waals surface area contributed by atoms with Crippen LogP contribution in [0.15, 0.2) is 24.3 Å². The Kier molecular flexibility index (Phi) is 6.49. The predicted molar refractivity (Wildman–Crippen MR) is 96.5 cm³/mol. The van der Waals surface area contributed by atoms with Crippen molar-refractivity contribution in [1.82, 2.24) is 15.5 Å². The highest BCUT2D eigenvalue weighted by atomic mass is 35.5. The fraction of sp³-hybridized carbons (Fsp3) is 0.529. The number of rotatable bonds is 6. The average Bonchev–Trinajstić information content (AvgIpc) is 3.09. The van der Waals surface area contributed by atoms with E-state index in [0.29, 0.717) is 6.54 Å². The van der Waals surface area contributed by atoms with Gasteiger partial charge in [-0.1, -0.05) is 36.6 Å². The number of amides is 3. The van der Waals surface area contributed by atoms with Crippen molar-refractivity contribution in [2.24, 2.45) is 0 Å². The minimum atomic E-state index is -0.589. The zero-order chi connectivity index (χ0) is 16.3. The molecule has 1 aromatic carbocycles. The maximum Gasteiger partial charge on any atom is 0.325 e. The second-order valence-electron chi connectivity index (χ2n) is 6.33. The van der Waals surface area contributed by atoms with Crippen LogP contribution in [-0.2, 0) is 11.3 Å². The second-order valence-corrected chi connectivity index (χ2v) is 6.77. The van der Waals surface area contributed by atoms with Gasteiger partial charge in [0.2, 0.25) is 0 Å². The summed E-state index contributed by atoms with van der Waals surface area (Å²) in [5, 5.41) is 6.96. The first-order valence-corrected chi connectivity index (χ1v) is 8.58. The third-order valence-corrected chi connectivity index (χ3v) is 4.93. The van der Waals surface area contributed by atoms with E-state index in [1.807, 2.05) is 24.3 Å². The summed E-state index contributed by atoms with van der Waals surface area (Å²) in [4.78, 5) is 25.9. The molecule has 2 aliphatic rings. The van der Waals surface area contributed by atoms with E-state index in [-0.39, 0.29) is 24.3 Å². The number of hydrogen-bond donors (Lipinski definition) is 2. The van der Waals surface area contributed by atoms with E-state index in [4.69, 9.17) is 11.6 Å². The minimum Gasteiger partial charge on any atom is -0.323 e. The van der Waals surface area contributed by atoms with Gasteiger partial charge in [-0.2, -0.15) is 0 Å². The lowest BCUT2D eigenvalue weighted by Gasteiger charge is -2.20. The summed E-state index contributed by atoms with van der Waals surface area (Å²) in [6, 6.07) is 7.47. The van der Waals surface area contributed by atoms with Crippen molar-refractivity contribution in [3.63, 3.8) is 0 Å². The van der Waals surface area contributed by atoms with E-state index in [1.165, 1.54) is 4.90 Å². The quantitative estimate of drug-likeness (QED) is 0.596. The molecule has 2 fully saturated rings. The molecule has 0 bridgehead atoms. The zero-order valence-corrected chi connectivity index (χ0v) is 15.1. The van der Waals surface area contributed by atoms with Gasteiger partial charge in [-0.05, 0) is 43.5 Å². The zero-order valence-electron chi connectivity index (χ0n) is 13.5. The van der Waals surface area contributed by atoms with Crippen LogP contribution in [0, 0.1) is 0 Å². The Bertz CT molecular complexity index is 586. The lowest BCUT2D eigenvalue weighted by molar-refractivity contribution is -0.131. The Balaban J connectivity index is 0.00000208. The van der Waals surface area contributed by atoms with Crippen LogP contribution in [-0.4, -0.2) is 35.5 Å². The van der Waals surface area contributed by atoms with E-state index in [0.717, 1.165) is 55.8 Å². The monoisotopic (exact) mass is 371 g/mol. The molecule has 1 aliphatic carbocycles. The highest BCUT2D eigenvalue weighted by Gasteiger charge is 2.51. The highest BCUT2D eigenvalue weighted by Crippen LogP contribution is 2.34. The lowest BCUT2D eigenvalue weighted by Crippen LogP contribution is -2.44. The van der Waals surface area contributed by atoms with Gasteiger partial charge in [-0.15, -0.1) is 12.4 Å². The topological polar surface area (TPSA) is 61.4 Å². The van der Waals surface area contributed by atoms with Crippen LogP contribution in [0.4, 0.5) is 4.79 Å². The number of nitrogens with zero attached hydrogens (tertiary/aromatic N) is 1. The van der Waals surface area contributed by atoms with E-state index < -0.39 is 5.54 Å². The van der Waals surface area contributed by atoms with E-state index in [1.54, 1.807) is 0 Å². The smallest absolute Gasteiger partial charge is 0.323 e. The fourth-order valence-corrected chi connectivity index (χ4v) is 3.52. The SMILES string of the molecule is Cl.O=C1NC2(CCCC2)C(=O)N1CCCNCc1ccc(Cl)cc1. The molecule has 0 atom stereocenters. The molecule has 132 valence electrons. The van der Waals surface area contributed by atoms with Crippen LogP contribution in [0.1, 0.15) is 37.7 Å². The van der Waals surface area contributed by atoms with Crippen molar-refractivity contribution in [3.05, 3.63) is 34.9 Å². The Hall–Kier alpha value is -1.30. The maximum atomic E-state index is 12.5. The van der Waals surface area contributed by atoms with Gasteiger partial charge < -0.3 is 10.6 Å². The number of urea groups is 1. The number of carbonyl (C=O) groups excluding carboxylic acids is 2. The summed E-state index contributed by atoms with van der Waals surface area (Å²) in [6.45, 7) is 1.98. The molecule has 1 aromatic rings. The molecule has 3 amide bonds. The molecule has 1 heterocycles. The molecule has 7 heteroatoms. The molecule has 1 saturated heterocycles. The summed E-state index contributed by atoms with van der Waals surface area (Å²) in [5.41, 5.74) is 0.572. The van der Waals surface area contributed by atoms with Crippen molar-refractivity contribution in [2.45, 2.75) is 44.2 Å². The molecule has 0 radical (unpaired) electrons. The molecule has 3 rings (SSSR count). The Morgan fingerprint density at radius 1 is 1.17 bits per heavy atom. The number of imide groups is 1. The molecule has 24 heavy (non-hydrogen) atoms. The molecule has 1 saturated carbocycles. The van der Waals surface area contributed by atoms with Gasteiger partial charge in [0.15, 0.2) is 0 Å². The van der Waals surface area contributed by atoms with Gasteiger partial charge in [-0.25, -0.2) is 4.79 Å². The molecule has 2 N–H and O–H groups in total. The van der Waals surface area contributed by atoms with Gasteiger partial charge >= 0.3 is 6.03 Å². The molecular formula is C17H23Cl2N3O2. The third kappa shape index (κ3) is 4.02. The molecule has 1 spiro atoms. The molecule has 5 nitrogen and oxygen atoms in total. The van der Waals surface area contributed by atoms with Gasteiger partial charge in [0, 0.05) is 18.1 Å². The van der Waals surface area contributed by atoms with Gasteiger partial charge in [0.1, 0.15) is 5.54 Å². The molecule has 0 unspecified atom stereocenters. The molecule has 0 aromatic heterocycles. The van der Waals surface area contributed by atoms with Gasteiger partial charge in [0.25, 0.3) is 5.91 Å². The van der Waals surface area contributed by atoms with Crippen LogP contribution in [0.3, 0.4) is 0 Å². The summed E-state index contributed by atoms with van der Waals surface area (Å²) < 4.78 is 0. The van der Waals surface area contributed by atoms with Crippen LogP contribution in [0.2, 0.25) is 5.02 Å². The largest absolute Gasteiger partial charge is 0.325 e. The van der Waals surface area contributed by atoms with Crippen molar-refractivity contribution >= 4 is 35.9 Å². The van der Waals surface area contributed by atoms with E-state index in [2.05, 4.69) is 10.6 Å². The Morgan fingerprint density at radius 2 is 1.83 bits per heavy atom. The number of halogens is 2. The van der Waals surface area contributed by atoms with Crippen molar-refractivity contribution in [1.29, 1.82) is 0 Å². The predicted octanol–water partition coefficient (Wildman–Crippen LogP) is 3.11. The number of nitrogens with one attached hydrogen (secondary N) is 2. The van der Waals surface area contributed by atoms with E-state index >= 15 is 0 Å². The molecular weight excluding hydrogens is 349 g/mol. The second kappa shape index (κ2) is 8.19. The summed E-state index contributed by atoms with van der Waals surface area (Å²) in [6.07, 6.45) is 4.35. The number of benzene rings is 1. The summed E-state index contributed by atoms with van der Waals surface area (Å²) >= 11 is 5.85. The van der Waals surface area contributed by atoms with Gasteiger partial charge in [0.05, 0.1) is 0 Å². The third-order valence-electron chi connectivity index (χ3n) is 4.68. The van der Waals surface area contributed by atoms with Crippen molar-refractivity contribution < 1.29 is 9.59 Å². The first kappa shape index (κ1) is 19.0. The Morgan fingerprint density at radius 3 is 2.50 bits per heavy atom. The first-order valence-electron chi connectivity index (χ1n) is 8.20. The first-order chi connectivity index (χ1) is 11.1. The van der Waals surface area contributed by atoms with Crippen LogP contribution in [0.25, 0.3) is 0 Å². The number of carbonyl (C=O) groups is 2. The summed E-state index contributed by atoms with van der Waals surface area (Å²) in [5.74, 6) is -0.0299. The normalized spacial score (nSPS) is 18.8. The maximum absolute atomic E-state index is 12.5. The fourth-order valence-electron chi connectivity index (χ4n) is 3.39. The Labute approximate surface area is 153 Å². The van der Waals surface area contributed by atoms with Crippen LogP contribution >= 0.6 is 24.0 Å². The van der Waals surface area contributed by atoms with Crippen LogP contribution in [0.5, 0.6) is 0 Å². The highest BCUT2D eigenvalue weighted by molar-refractivity contribution is 6.30.